The molecule has 2 N–H and O–H groups in total. The summed E-state index contributed by atoms with van der Waals surface area (Å²) in [6.45, 7) is 4.80. The Labute approximate surface area is 168 Å². The van der Waals surface area contributed by atoms with E-state index >= 15 is 0 Å². The van der Waals surface area contributed by atoms with Gasteiger partial charge >= 0.3 is 5.97 Å². The van der Waals surface area contributed by atoms with E-state index in [-0.39, 0.29) is 29.4 Å². The van der Waals surface area contributed by atoms with E-state index in [9.17, 15) is 14.7 Å². The third-order valence-electron chi connectivity index (χ3n) is 4.97. The van der Waals surface area contributed by atoms with Gasteiger partial charge in [0.15, 0.2) is 11.5 Å². The summed E-state index contributed by atoms with van der Waals surface area (Å²) in [5.41, 5.74) is 1.50. The van der Waals surface area contributed by atoms with E-state index in [1.165, 1.54) is 12.1 Å². The summed E-state index contributed by atoms with van der Waals surface area (Å²) in [6.07, 6.45) is 0.623. The molecule has 2 unspecified atom stereocenters. The Morgan fingerprint density at radius 2 is 1.86 bits per heavy atom. The Kier molecular flexibility index (Phi) is 5.05. The van der Waals surface area contributed by atoms with Crippen LogP contribution in [-0.4, -0.2) is 36.3 Å². The lowest BCUT2D eigenvalue weighted by atomic mass is 10.1. The Morgan fingerprint density at radius 3 is 2.59 bits per heavy atom. The molecule has 0 bridgehead atoms. The van der Waals surface area contributed by atoms with Gasteiger partial charge in [0.2, 0.25) is 5.91 Å². The van der Waals surface area contributed by atoms with Gasteiger partial charge < -0.3 is 24.6 Å². The van der Waals surface area contributed by atoms with E-state index in [4.69, 9.17) is 14.2 Å². The van der Waals surface area contributed by atoms with Gasteiger partial charge in [-0.05, 0) is 62.1 Å². The molecule has 1 aliphatic heterocycles. The second-order valence-electron chi connectivity index (χ2n) is 7.52. The monoisotopic (exact) mass is 397 g/mol. The predicted molar refractivity (Wildman–Crippen MR) is 106 cm³/mol. The average molecular weight is 397 g/mol. The fraction of sp³-hybridized carbons (Fsp3) is 0.364. The van der Waals surface area contributed by atoms with E-state index < -0.39 is 5.97 Å². The van der Waals surface area contributed by atoms with Gasteiger partial charge in [-0.15, -0.1) is 0 Å². The Morgan fingerprint density at radius 1 is 1.10 bits per heavy atom. The van der Waals surface area contributed by atoms with Gasteiger partial charge in [0.05, 0.1) is 17.4 Å². The minimum Gasteiger partial charge on any atom is -0.489 e. The molecule has 0 saturated heterocycles. The van der Waals surface area contributed by atoms with Crippen LogP contribution >= 0.6 is 0 Å². The smallest absolute Gasteiger partial charge is 0.335 e. The lowest BCUT2D eigenvalue weighted by molar-refractivity contribution is -0.117. The molecule has 1 fully saturated rings. The van der Waals surface area contributed by atoms with Crippen LogP contribution in [0.3, 0.4) is 0 Å². The van der Waals surface area contributed by atoms with E-state index in [1.807, 2.05) is 32.0 Å². The number of nitrogens with one attached hydrogen (secondary N) is 1. The van der Waals surface area contributed by atoms with Crippen molar-refractivity contribution in [3.8, 4) is 17.2 Å². The minimum absolute atomic E-state index is 0.0931. The standard InChI is InChI=1S/C22H23NO6/c1-12(2)29-18-5-4-14(22(25)26)9-17(18)23-21(24)16-11-15(16)13-3-6-19-20(10-13)28-8-7-27-19/h3-6,9-10,12,15-16H,7-8,11H2,1-2H3,(H,23,24)(H,25,26). The van der Waals surface area contributed by atoms with E-state index in [1.54, 1.807) is 6.07 Å². The number of hydrogen-bond acceptors (Lipinski definition) is 5. The Hall–Kier alpha value is -3.22. The molecule has 7 nitrogen and oxygen atoms in total. The molecule has 0 spiro atoms. The zero-order chi connectivity index (χ0) is 20.5. The fourth-order valence-electron chi connectivity index (χ4n) is 3.49. The number of amides is 1. The van der Waals surface area contributed by atoms with Gasteiger partial charge in [-0.1, -0.05) is 6.07 Å². The third kappa shape index (κ3) is 4.13. The van der Waals surface area contributed by atoms with Gasteiger partial charge in [-0.3, -0.25) is 4.79 Å². The lowest BCUT2D eigenvalue weighted by Crippen LogP contribution is -2.17. The number of aromatic carboxylic acids is 1. The van der Waals surface area contributed by atoms with E-state index in [0.29, 0.717) is 30.4 Å². The van der Waals surface area contributed by atoms with Gasteiger partial charge in [0.1, 0.15) is 19.0 Å². The van der Waals surface area contributed by atoms with Crippen molar-refractivity contribution < 1.29 is 28.9 Å². The van der Waals surface area contributed by atoms with Crippen LogP contribution in [0.5, 0.6) is 17.2 Å². The number of carboxylic acids is 1. The molecular formula is C22H23NO6. The third-order valence-corrected chi connectivity index (χ3v) is 4.97. The molecule has 1 amide bonds. The highest BCUT2D eigenvalue weighted by Crippen LogP contribution is 2.50. The topological polar surface area (TPSA) is 94.1 Å². The highest BCUT2D eigenvalue weighted by atomic mass is 16.6. The van der Waals surface area contributed by atoms with Crippen LogP contribution < -0.4 is 19.5 Å². The van der Waals surface area contributed by atoms with Crippen molar-refractivity contribution in [2.75, 3.05) is 18.5 Å². The molecule has 0 radical (unpaired) electrons. The second kappa shape index (κ2) is 7.66. The van der Waals surface area contributed by atoms with Crippen molar-refractivity contribution in [3.05, 3.63) is 47.5 Å². The highest BCUT2D eigenvalue weighted by molar-refractivity contribution is 5.98. The first-order valence-corrected chi connectivity index (χ1v) is 9.67. The van der Waals surface area contributed by atoms with Crippen molar-refractivity contribution in [2.24, 2.45) is 5.92 Å². The van der Waals surface area contributed by atoms with Crippen molar-refractivity contribution in [1.82, 2.24) is 0 Å². The summed E-state index contributed by atoms with van der Waals surface area (Å²) in [5.74, 6) is 0.596. The summed E-state index contributed by atoms with van der Waals surface area (Å²) < 4.78 is 16.9. The molecule has 1 aliphatic carbocycles. The van der Waals surface area contributed by atoms with Gasteiger partial charge in [-0.2, -0.15) is 0 Å². The number of ether oxygens (including phenoxy) is 3. The van der Waals surface area contributed by atoms with Crippen molar-refractivity contribution in [3.63, 3.8) is 0 Å². The summed E-state index contributed by atoms with van der Waals surface area (Å²) in [7, 11) is 0. The number of benzene rings is 2. The molecule has 0 aromatic heterocycles. The van der Waals surface area contributed by atoms with Crippen LogP contribution in [0.2, 0.25) is 0 Å². The Bertz CT molecular complexity index is 954. The predicted octanol–water partition coefficient (Wildman–Crippen LogP) is 3.69. The van der Waals surface area contributed by atoms with Crippen molar-refractivity contribution in [2.45, 2.75) is 32.3 Å². The van der Waals surface area contributed by atoms with Gasteiger partial charge in [0, 0.05) is 5.92 Å². The fourth-order valence-corrected chi connectivity index (χ4v) is 3.49. The summed E-state index contributed by atoms with van der Waals surface area (Å²) in [6, 6.07) is 10.2. The molecule has 2 aromatic rings. The first kappa shape index (κ1) is 19.1. The molecule has 7 heteroatoms. The minimum atomic E-state index is -1.06. The number of hydrogen-bond donors (Lipinski definition) is 2. The first-order chi connectivity index (χ1) is 13.9. The number of carbonyl (C=O) groups excluding carboxylic acids is 1. The van der Waals surface area contributed by atoms with E-state index in [0.717, 1.165) is 17.7 Å². The maximum absolute atomic E-state index is 12.8. The van der Waals surface area contributed by atoms with Crippen LogP contribution in [0.1, 0.15) is 42.1 Å². The quantitative estimate of drug-likeness (QED) is 0.772. The zero-order valence-corrected chi connectivity index (χ0v) is 16.3. The molecule has 2 aromatic carbocycles. The van der Waals surface area contributed by atoms with Gasteiger partial charge in [0.25, 0.3) is 0 Å². The molecule has 1 saturated carbocycles. The van der Waals surface area contributed by atoms with Crippen LogP contribution in [0.15, 0.2) is 36.4 Å². The van der Waals surface area contributed by atoms with Crippen molar-refractivity contribution in [1.29, 1.82) is 0 Å². The van der Waals surface area contributed by atoms with E-state index in [2.05, 4.69) is 5.32 Å². The molecule has 152 valence electrons. The number of carboxylic acid groups (broad SMARTS) is 1. The van der Waals surface area contributed by atoms with Crippen LogP contribution in [-0.2, 0) is 4.79 Å². The molecule has 4 rings (SSSR count). The molecule has 29 heavy (non-hydrogen) atoms. The number of rotatable bonds is 6. The number of fused-ring (bicyclic) bond motifs is 1. The highest BCUT2D eigenvalue weighted by Gasteiger charge is 2.44. The largest absolute Gasteiger partial charge is 0.489 e. The molecular weight excluding hydrogens is 374 g/mol. The summed E-state index contributed by atoms with van der Waals surface area (Å²) in [4.78, 5) is 24.1. The van der Waals surface area contributed by atoms with Crippen LogP contribution in [0.4, 0.5) is 5.69 Å². The van der Waals surface area contributed by atoms with Crippen LogP contribution in [0.25, 0.3) is 0 Å². The molecule has 1 heterocycles. The van der Waals surface area contributed by atoms with Crippen LogP contribution in [0, 0.1) is 5.92 Å². The number of carbonyl (C=O) groups is 2. The van der Waals surface area contributed by atoms with Gasteiger partial charge in [-0.25, -0.2) is 4.79 Å². The maximum atomic E-state index is 12.8. The number of anilines is 1. The second-order valence-corrected chi connectivity index (χ2v) is 7.52. The summed E-state index contributed by atoms with van der Waals surface area (Å²) in [5, 5.41) is 12.1. The average Bonchev–Trinajstić information content (AvgIpc) is 3.49. The molecule has 2 atom stereocenters. The SMILES string of the molecule is CC(C)Oc1ccc(C(=O)O)cc1NC(=O)C1CC1c1ccc2c(c1)OCCO2. The normalized spacial score (nSPS) is 19.6. The first-order valence-electron chi connectivity index (χ1n) is 9.67. The zero-order valence-electron chi connectivity index (χ0n) is 16.3. The maximum Gasteiger partial charge on any atom is 0.335 e. The van der Waals surface area contributed by atoms with Crippen molar-refractivity contribution >= 4 is 17.6 Å². The summed E-state index contributed by atoms with van der Waals surface area (Å²) >= 11 is 0. The lowest BCUT2D eigenvalue weighted by Gasteiger charge is -2.19. The Balaban J connectivity index is 1.49. The molecule has 2 aliphatic rings.